The zero-order valence-corrected chi connectivity index (χ0v) is 16.9. The Morgan fingerprint density at radius 1 is 1.24 bits per heavy atom. The second-order valence-electron chi connectivity index (χ2n) is 7.18. The SMILES string of the molecule is COc1ccc2c(c1)CCCC2(O)CNS(=O)(=O)c1ccc(-n2cccn2)cc1. The summed E-state index contributed by atoms with van der Waals surface area (Å²) in [5.41, 5.74) is 1.26. The second kappa shape index (κ2) is 7.62. The Balaban J connectivity index is 1.52. The third-order valence-corrected chi connectivity index (χ3v) is 6.74. The average molecular weight is 413 g/mol. The maximum atomic E-state index is 12.8. The lowest BCUT2D eigenvalue weighted by atomic mass is 9.79. The number of methoxy groups -OCH3 is 1. The van der Waals surface area contributed by atoms with Gasteiger partial charge in [-0.3, -0.25) is 0 Å². The highest BCUT2D eigenvalue weighted by atomic mass is 32.2. The number of aryl methyl sites for hydroxylation is 1. The third kappa shape index (κ3) is 3.91. The van der Waals surface area contributed by atoms with Gasteiger partial charge in [0.2, 0.25) is 10.0 Å². The highest BCUT2D eigenvalue weighted by molar-refractivity contribution is 7.89. The first kappa shape index (κ1) is 19.6. The standard InChI is InChI=1S/C21H23N3O4S/c1-28-18-7-10-20-16(14-18)4-2-11-21(20,25)15-23-29(26,27)19-8-5-17(6-9-19)24-13-3-12-22-24/h3,5-10,12-14,23,25H,2,4,11,15H2,1H3. The van der Waals surface area contributed by atoms with Crippen LogP contribution in [0.1, 0.15) is 24.0 Å². The van der Waals surface area contributed by atoms with E-state index in [0.717, 1.165) is 35.4 Å². The summed E-state index contributed by atoms with van der Waals surface area (Å²) in [6, 6.07) is 13.8. The van der Waals surface area contributed by atoms with Crippen LogP contribution < -0.4 is 9.46 Å². The number of rotatable bonds is 6. The van der Waals surface area contributed by atoms with Gasteiger partial charge in [-0.05, 0) is 72.9 Å². The van der Waals surface area contributed by atoms with Gasteiger partial charge in [-0.1, -0.05) is 6.07 Å². The van der Waals surface area contributed by atoms with Crippen LogP contribution in [0, 0.1) is 0 Å². The van der Waals surface area contributed by atoms with E-state index in [4.69, 9.17) is 4.74 Å². The molecule has 2 N–H and O–H groups in total. The number of benzene rings is 2. The van der Waals surface area contributed by atoms with Gasteiger partial charge in [0.15, 0.2) is 0 Å². The summed E-state index contributed by atoms with van der Waals surface area (Å²) in [6.07, 6.45) is 5.54. The molecule has 29 heavy (non-hydrogen) atoms. The van der Waals surface area contributed by atoms with Gasteiger partial charge in [-0.25, -0.2) is 17.8 Å². The van der Waals surface area contributed by atoms with Crippen LogP contribution in [0.3, 0.4) is 0 Å². The van der Waals surface area contributed by atoms with Crippen molar-refractivity contribution in [2.45, 2.75) is 29.8 Å². The molecule has 1 aliphatic carbocycles. The van der Waals surface area contributed by atoms with Crippen molar-refractivity contribution in [1.82, 2.24) is 14.5 Å². The molecule has 0 radical (unpaired) electrons. The summed E-state index contributed by atoms with van der Waals surface area (Å²) < 4.78 is 35.0. The molecule has 152 valence electrons. The van der Waals surface area contributed by atoms with Crippen molar-refractivity contribution in [3.05, 3.63) is 72.1 Å². The fourth-order valence-electron chi connectivity index (χ4n) is 3.74. The van der Waals surface area contributed by atoms with E-state index in [2.05, 4.69) is 9.82 Å². The van der Waals surface area contributed by atoms with Crippen LogP contribution in [-0.2, 0) is 22.0 Å². The molecule has 4 rings (SSSR count). The number of hydrogen-bond donors (Lipinski definition) is 2. The van der Waals surface area contributed by atoms with Crippen molar-refractivity contribution in [2.75, 3.05) is 13.7 Å². The van der Waals surface area contributed by atoms with E-state index >= 15 is 0 Å². The van der Waals surface area contributed by atoms with Crippen LogP contribution in [0.2, 0.25) is 0 Å². The molecule has 0 fully saturated rings. The molecule has 1 heterocycles. The van der Waals surface area contributed by atoms with Crippen molar-refractivity contribution in [3.8, 4) is 11.4 Å². The van der Waals surface area contributed by atoms with Crippen molar-refractivity contribution >= 4 is 10.0 Å². The van der Waals surface area contributed by atoms with Gasteiger partial charge in [0.25, 0.3) is 0 Å². The Bertz CT molecular complexity index is 1100. The summed E-state index contributed by atoms with van der Waals surface area (Å²) in [5, 5.41) is 15.3. The van der Waals surface area contributed by atoms with E-state index in [1.807, 2.05) is 12.1 Å². The van der Waals surface area contributed by atoms with Crippen LogP contribution in [0.5, 0.6) is 5.75 Å². The number of aromatic nitrogens is 2. The topological polar surface area (TPSA) is 93.5 Å². The molecule has 0 saturated carbocycles. The number of hydrogen-bond acceptors (Lipinski definition) is 5. The molecule has 1 unspecified atom stereocenters. The number of fused-ring (bicyclic) bond motifs is 1. The van der Waals surface area contributed by atoms with Gasteiger partial charge in [0, 0.05) is 18.9 Å². The van der Waals surface area contributed by atoms with Crippen LogP contribution >= 0.6 is 0 Å². The highest BCUT2D eigenvalue weighted by Gasteiger charge is 2.35. The number of nitrogens with zero attached hydrogens (tertiary/aromatic N) is 2. The van der Waals surface area contributed by atoms with E-state index in [1.165, 1.54) is 12.1 Å². The molecule has 0 aliphatic heterocycles. The molecule has 2 aromatic carbocycles. The Morgan fingerprint density at radius 3 is 2.72 bits per heavy atom. The molecule has 1 aromatic heterocycles. The molecule has 0 saturated heterocycles. The average Bonchev–Trinajstić information content (AvgIpc) is 3.27. The molecular formula is C21H23N3O4S. The maximum absolute atomic E-state index is 12.8. The van der Waals surface area contributed by atoms with Crippen molar-refractivity contribution in [2.24, 2.45) is 0 Å². The first-order valence-corrected chi connectivity index (χ1v) is 10.9. The van der Waals surface area contributed by atoms with Gasteiger partial charge in [-0.2, -0.15) is 5.10 Å². The van der Waals surface area contributed by atoms with E-state index in [9.17, 15) is 13.5 Å². The number of ether oxygens (including phenoxy) is 1. The van der Waals surface area contributed by atoms with Gasteiger partial charge in [0.05, 0.1) is 17.7 Å². The Kier molecular flexibility index (Phi) is 5.16. The van der Waals surface area contributed by atoms with Gasteiger partial charge in [-0.15, -0.1) is 0 Å². The Hall–Kier alpha value is -2.68. The van der Waals surface area contributed by atoms with Crippen molar-refractivity contribution in [3.63, 3.8) is 0 Å². The van der Waals surface area contributed by atoms with Gasteiger partial charge < -0.3 is 9.84 Å². The minimum absolute atomic E-state index is 0.0877. The predicted octanol–water partition coefficient (Wildman–Crippen LogP) is 2.38. The summed E-state index contributed by atoms with van der Waals surface area (Å²) in [5.74, 6) is 0.728. The number of sulfonamides is 1. The molecule has 0 spiro atoms. The maximum Gasteiger partial charge on any atom is 0.240 e. The number of aliphatic hydroxyl groups is 1. The first-order chi connectivity index (χ1) is 13.9. The monoisotopic (exact) mass is 413 g/mol. The minimum Gasteiger partial charge on any atom is -0.497 e. The fraction of sp³-hybridized carbons (Fsp3) is 0.286. The van der Waals surface area contributed by atoms with Crippen LogP contribution in [0.25, 0.3) is 5.69 Å². The molecule has 0 amide bonds. The summed E-state index contributed by atoms with van der Waals surface area (Å²) in [6.45, 7) is -0.0877. The summed E-state index contributed by atoms with van der Waals surface area (Å²) in [7, 11) is -2.16. The van der Waals surface area contributed by atoms with E-state index in [1.54, 1.807) is 48.5 Å². The van der Waals surface area contributed by atoms with Crippen LogP contribution in [-0.4, -0.2) is 37.0 Å². The molecular weight excluding hydrogens is 390 g/mol. The Labute approximate surface area is 170 Å². The zero-order valence-electron chi connectivity index (χ0n) is 16.1. The fourth-order valence-corrected chi connectivity index (χ4v) is 4.83. The molecule has 8 heteroatoms. The summed E-state index contributed by atoms with van der Waals surface area (Å²) >= 11 is 0. The lowest BCUT2D eigenvalue weighted by Crippen LogP contribution is -2.42. The second-order valence-corrected chi connectivity index (χ2v) is 8.94. The van der Waals surface area contributed by atoms with Crippen LogP contribution in [0.4, 0.5) is 0 Å². The molecule has 7 nitrogen and oxygen atoms in total. The van der Waals surface area contributed by atoms with Crippen LogP contribution in [0.15, 0.2) is 65.8 Å². The molecule has 1 aliphatic rings. The normalized spacial score (nSPS) is 19.0. The largest absolute Gasteiger partial charge is 0.497 e. The zero-order chi connectivity index (χ0) is 20.5. The smallest absolute Gasteiger partial charge is 0.240 e. The van der Waals surface area contributed by atoms with Gasteiger partial charge in [0.1, 0.15) is 11.4 Å². The van der Waals surface area contributed by atoms with Crippen molar-refractivity contribution < 1.29 is 18.3 Å². The highest BCUT2D eigenvalue weighted by Crippen LogP contribution is 2.36. The molecule has 0 bridgehead atoms. The first-order valence-electron chi connectivity index (χ1n) is 9.41. The van der Waals surface area contributed by atoms with E-state index < -0.39 is 15.6 Å². The lowest BCUT2D eigenvalue weighted by molar-refractivity contribution is 0.0242. The third-order valence-electron chi connectivity index (χ3n) is 5.32. The van der Waals surface area contributed by atoms with E-state index in [-0.39, 0.29) is 11.4 Å². The van der Waals surface area contributed by atoms with Crippen molar-refractivity contribution in [1.29, 1.82) is 0 Å². The summed E-state index contributed by atoms with van der Waals surface area (Å²) in [4.78, 5) is 0.141. The van der Waals surface area contributed by atoms with Gasteiger partial charge >= 0.3 is 0 Å². The quantitative estimate of drug-likeness (QED) is 0.647. The molecule has 3 aromatic rings. The number of nitrogens with one attached hydrogen (secondary N) is 1. The minimum atomic E-state index is -3.76. The molecule has 1 atom stereocenters. The Morgan fingerprint density at radius 2 is 2.03 bits per heavy atom. The van der Waals surface area contributed by atoms with E-state index in [0.29, 0.717) is 6.42 Å². The lowest BCUT2D eigenvalue weighted by Gasteiger charge is -2.34. The predicted molar refractivity (Wildman–Crippen MR) is 109 cm³/mol.